The number of rotatable bonds is 7. The minimum absolute atomic E-state index is 0.0436. The van der Waals surface area contributed by atoms with Crippen LogP contribution in [0.2, 0.25) is 0 Å². The summed E-state index contributed by atoms with van der Waals surface area (Å²) in [5, 5.41) is 2.79. The molecule has 0 fully saturated rings. The van der Waals surface area contributed by atoms with E-state index in [0.717, 1.165) is 16.9 Å². The number of nitrogens with zero attached hydrogens (tertiary/aromatic N) is 1. The highest BCUT2D eigenvalue weighted by Crippen LogP contribution is 2.22. The van der Waals surface area contributed by atoms with Crippen molar-refractivity contribution in [1.82, 2.24) is 4.90 Å². The van der Waals surface area contributed by atoms with Gasteiger partial charge in [-0.25, -0.2) is 0 Å². The van der Waals surface area contributed by atoms with E-state index in [4.69, 9.17) is 4.74 Å². The van der Waals surface area contributed by atoms with Crippen molar-refractivity contribution in [3.05, 3.63) is 59.2 Å². The zero-order valence-corrected chi connectivity index (χ0v) is 15.8. The first-order valence-electron chi connectivity index (χ1n) is 8.84. The Hall–Kier alpha value is -2.82. The minimum atomic E-state index is -0.264. The number of amides is 2. The number of anilines is 1. The van der Waals surface area contributed by atoms with Crippen molar-refractivity contribution in [2.45, 2.75) is 27.7 Å². The summed E-state index contributed by atoms with van der Waals surface area (Å²) in [6, 6.07) is 12.8. The molecule has 0 saturated carbocycles. The molecule has 2 amide bonds. The van der Waals surface area contributed by atoms with Crippen LogP contribution in [0.4, 0.5) is 5.69 Å². The van der Waals surface area contributed by atoms with Crippen molar-refractivity contribution in [2.24, 2.45) is 0 Å². The third-order valence-corrected chi connectivity index (χ3v) is 4.20. The van der Waals surface area contributed by atoms with Gasteiger partial charge in [0.05, 0.1) is 0 Å². The summed E-state index contributed by atoms with van der Waals surface area (Å²) in [5.41, 5.74) is 3.12. The van der Waals surface area contributed by atoms with Crippen molar-refractivity contribution >= 4 is 17.5 Å². The molecule has 26 heavy (non-hydrogen) atoms. The lowest BCUT2D eigenvalue weighted by Gasteiger charge is -2.19. The van der Waals surface area contributed by atoms with E-state index in [-0.39, 0.29) is 18.4 Å². The number of hydrogen-bond donors (Lipinski definition) is 1. The van der Waals surface area contributed by atoms with E-state index in [2.05, 4.69) is 5.32 Å². The Morgan fingerprint density at radius 2 is 1.62 bits per heavy atom. The van der Waals surface area contributed by atoms with Gasteiger partial charge < -0.3 is 15.0 Å². The maximum atomic E-state index is 12.4. The number of para-hydroxylation sites is 1. The average Bonchev–Trinajstić information content (AvgIpc) is 2.62. The average molecular weight is 354 g/mol. The normalized spacial score (nSPS) is 10.3. The molecular weight excluding hydrogens is 328 g/mol. The lowest BCUT2D eigenvalue weighted by molar-refractivity contribution is -0.118. The molecule has 0 bridgehead atoms. The van der Waals surface area contributed by atoms with Crippen LogP contribution in [0.3, 0.4) is 0 Å². The van der Waals surface area contributed by atoms with Gasteiger partial charge in [-0.05, 0) is 57.0 Å². The number of nitrogens with one attached hydrogen (secondary N) is 1. The lowest BCUT2D eigenvalue weighted by atomic mass is 10.1. The molecule has 5 heteroatoms. The fourth-order valence-corrected chi connectivity index (χ4v) is 2.79. The molecule has 0 radical (unpaired) electrons. The summed E-state index contributed by atoms with van der Waals surface area (Å²) in [7, 11) is 0. The SMILES string of the molecule is CCN(CC)C(=O)c1cccc(NC(=O)COc2c(C)cccc2C)c1. The van der Waals surface area contributed by atoms with Crippen molar-refractivity contribution in [3.8, 4) is 5.75 Å². The van der Waals surface area contributed by atoms with Crippen LogP contribution < -0.4 is 10.1 Å². The Labute approximate surface area is 155 Å². The van der Waals surface area contributed by atoms with Crippen molar-refractivity contribution in [1.29, 1.82) is 0 Å². The summed E-state index contributed by atoms with van der Waals surface area (Å²) in [6.45, 7) is 8.99. The second-order valence-corrected chi connectivity index (χ2v) is 6.12. The number of ether oxygens (including phenoxy) is 1. The molecule has 0 unspecified atom stereocenters. The first kappa shape index (κ1) is 19.5. The van der Waals surface area contributed by atoms with E-state index in [1.54, 1.807) is 29.2 Å². The largest absolute Gasteiger partial charge is 0.483 e. The molecule has 1 N–H and O–H groups in total. The van der Waals surface area contributed by atoms with Gasteiger partial charge in [-0.15, -0.1) is 0 Å². The van der Waals surface area contributed by atoms with Gasteiger partial charge in [0, 0.05) is 24.3 Å². The van der Waals surface area contributed by atoms with Crippen LogP contribution in [0.15, 0.2) is 42.5 Å². The molecule has 0 atom stereocenters. The van der Waals surface area contributed by atoms with Crippen LogP contribution in [-0.2, 0) is 4.79 Å². The molecule has 5 nitrogen and oxygen atoms in total. The summed E-state index contributed by atoms with van der Waals surface area (Å²) < 4.78 is 5.67. The molecule has 0 aliphatic heterocycles. The maximum absolute atomic E-state index is 12.4. The molecule has 2 aromatic rings. The van der Waals surface area contributed by atoms with E-state index in [1.807, 2.05) is 45.9 Å². The minimum Gasteiger partial charge on any atom is -0.483 e. The number of carbonyl (C=O) groups is 2. The van der Waals surface area contributed by atoms with Crippen LogP contribution in [0.1, 0.15) is 35.3 Å². The molecule has 0 aromatic heterocycles. The number of benzene rings is 2. The maximum Gasteiger partial charge on any atom is 0.262 e. The Bertz CT molecular complexity index is 762. The fourth-order valence-electron chi connectivity index (χ4n) is 2.79. The lowest BCUT2D eigenvalue weighted by Crippen LogP contribution is -2.30. The highest BCUT2D eigenvalue weighted by molar-refractivity contribution is 5.97. The van der Waals surface area contributed by atoms with Gasteiger partial charge >= 0.3 is 0 Å². The summed E-state index contributed by atoms with van der Waals surface area (Å²) in [4.78, 5) is 26.4. The zero-order valence-electron chi connectivity index (χ0n) is 15.8. The van der Waals surface area contributed by atoms with Crippen LogP contribution in [0.5, 0.6) is 5.75 Å². The van der Waals surface area contributed by atoms with Gasteiger partial charge in [-0.2, -0.15) is 0 Å². The molecule has 2 aromatic carbocycles. The second kappa shape index (κ2) is 9.04. The topological polar surface area (TPSA) is 58.6 Å². The third kappa shape index (κ3) is 4.85. The molecule has 0 aliphatic rings. The fraction of sp³-hybridized carbons (Fsp3) is 0.333. The van der Waals surface area contributed by atoms with Crippen LogP contribution in [0, 0.1) is 13.8 Å². The Morgan fingerprint density at radius 1 is 1.00 bits per heavy atom. The smallest absolute Gasteiger partial charge is 0.262 e. The van der Waals surface area contributed by atoms with Gasteiger partial charge in [-0.3, -0.25) is 9.59 Å². The summed E-state index contributed by atoms with van der Waals surface area (Å²) in [6.07, 6.45) is 0. The van der Waals surface area contributed by atoms with Crippen LogP contribution in [0.25, 0.3) is 0 Å². The van der Waals surface area contributed by atoms with E-state index in [0.29, 0.717) is 24.3 Å². The number of hydrogen-bond acceptors (Lipinski definition) is 3. The molecule has 2 rings (SSSR count). The van der Waals surface area contributed by atoms with Crippen LogP contribution >= 0.6 is 0 Å². The van der Waals surface area contributed by atoms with Gasteiger partial charge in [0.15, 0.2) is 6.61 Å². The standard InChI is InChI=1S/C21H26N2O3/c1-5-23(6-2)21(25)17-11-8-12-18(13-17)22-19(24)14-26-20-15(3)9-7-10-16(20)4/h7-13H,5-6,14H2,1-4H3,(H,22,24). The monoisotopic (exact) mass is 354 g/mol. The number of aryl methyl sites for hydroxylation is 2. The highest BCUT2D eigenvalue weighted by atomic mass is 16.5. The third-order valence-electron chi connectivity index (χ3n) is 4.20. The first-order valence-corrected chi connectivity index (χ1v) is 8.84. The van der Waals surface area contributed by atoms with Crippen molar-refractivity contribution in [3.63, 3.8) is 0 Å². The predicted molar refractivity (Wildman–Crippen MR) is 104 cm³/mol. The molecule has 138 valence electrons. The Kier molecular flexibility index (Phi) is 6.78. The molecule has 0 heterocycles. The van der Waals surface area contributed by atoms with Crippen molar-refractivity contribution in [2.75, 3.05) is 25.0 Å². The zero-order chi connectivity index (χ0) is 19.1. The quantitative estimate of drug-likeness (QED) is 0.823. The van der Waals surface area contributed by atoms with Crippen molar-refractivity contribution < 1.29 is 14.3 Å². The van der Waals surface area contributed by atoms with Gasteiger partial charge in [0.1, 0.15) is 5.75 Å². The van der Waals surface area contributed by atoms with E-state index >= 15 is 0 Å². The highest BCUT2D eigenvalue weighted by Gasteiger charge is 2.13. The second-order valence-electron chi connectivity index (χ2n) is 6.12. The Balaban J connectivity index is 2.01. The van der Waals surface area contributed by atoms with Gasteiger partial charge in [-0.1, -0.05) is 24.3 Å². The molecular formula is C21H26N2O3. The van der Waals surface area contributed by atoms with E-state index in [1.165, 1.54) is 0 Å². The molecule has 0 aliphatic carbocycles. The predicted octanol–water partition coefficient (Wildman–Crippen LogP) is 3.80. The van der Waals surface area contributed by atoms with E-state index in [9.17, 15) is 9.59 Å². The summed E-state index contributed by atoms with van der Waals surface area (Å²) in [5.74, 6) is 0.422. The van der Waals surface area contributed by atoms with Gasteiger partial charge in [0.2, 0.25) is 0 Å². The van der Waals surface area contributed by atoms with Gasteiger partial charge in [0.25, 0.3) is 11.8 Å². The first-order chi connectivity index (χ1) is 12.5. The molecule has 0 spiro atoms. The summed E-state index contributed by atoms with van der Waals surface area (Å²) >= 11 is 0. The van der Waals surface area contributed by atoms with Crippen LogP contribution in [-0.4, -0.2) is 36.4 Å². The molecule has 0 saturated heterocycles. The van der Waals surface area contributed by atoms with E-state index < -0.39 is 0 Å². The number of carbonyl (C=O) groups excluding carboxylic acids is 2. The Morgan fingerprint density at radius 3 is 2.23 bits per heavy atom.